The molecule has 120 valence electrons. The number of ether oxygens (including phenoxy) is 3. The Bertz CT molecular complexity index is 700. The molecule has 0 N–H and O–H groups in total. The highest BCUT2D eigenvalue weighted by molar-refractivity contribution is 7.07. The van der Waals surface area contributed by atoms with Crippen LogP contribution in [-0.2, 0) is 20.9 Å². The second-order valence-corrected chi connectivity index (χ2v) is 5.89. The van der Waals surface area contributed by atoms with Gasteiger partial charge in [0.1, 0.15) is 18.5 Å². The SMILES string of the molecule is CC1CC(OC(=O)c2cccc(OCc3cscn3)c2)C(=O)O1. The maximum absolute atomic E-state index is 12.1. The molecule has 1 fully saturated rings. The van der Waals surface area contributed by atoms with Gasteiger partial charge in [-0.25, -0.2) is 14.6 Å². The first-order valence-corrected chi connectivity index (χ1v) is 8.07. The molecule has 1 aliphatic heterocycles. The zero-order valence-corrected chi connectivity index (χ0v) is 13.2. The molecule has 0 amide bonds. The fraction of sp³-hybridized carbons (Fsp3) is 0.312. The third-order valence-electron chi connectivity index (χ3n) is 3.32. The lowest BCUT2D eigenvalue weighted by molar-refractivity contribution is -0.147. The molecule has 0 saturated carbocycles. The smallest absolute Gasteiger partial charge is 0.347 e. The Morgan fingerprint density at radius 1 is 1.48 bits per heavy atom. The van der Waals surface area contributed by atoms with Gasteiger partial charge in [-0.05, 0) is 25.1 Å². The number of carbonyl (C=O) groups excluding carboxylic acids is 2. The van der Waals surface area contributed by atoms with E-state index in [1.807, 2.05) is 5.38 Å². The van der Waals surface area contributed by atoms with Crippen LogP contribution in [0.5, 0.6) is 5.75 Å². The molecule has 1 aromatic heterocycles. The van der Waals surface area contributed by atoms with Gasteiger partial charge >= 0.3 is 11.9 Å². The van der Waals surface area contributed by atoms with Gasteiger partial charge in [-0.15, -0.1) is 11.3 Å². The van der Waals surface area contributed by atoms with E-state index in [9.17, 15) is 9.59 Å². The Morgan fingerprint density at radius 2 is 2.35 bits per heavy atom. The molecule has 7 heteroatoms. The van der Waals surface area contributed by atoms with Crippen molar-refractivity contribution in [3.63, 3.8) is 0 Å². The lowest BCUT2D eigenvalue weighted by Crippen LogP contribution is -2.22. The van der Waals surface area contributed by atoms with Crippen molar-refractivity contribution >= 4 is 23.3 Å². The van der Waals surface area contributed by atoms with Crippen molar-refractivity contribution in [2.75, 3.05) is 0 Å². The van der Waals surface area contributed by atoms with E-state index in [-0.39, 0.29) is 6.10 Å². The number of rotatable bonds is 5. The molecule has 6 nitrogen and oxygen atoms in total. The Morgan fingerprint density at radius 3 is 3.04 bits per heavy atom. The quantitative estimate of drug-likeness (QED) is 0.783. The summed E-state index contributed by atoms with van der Waals surface area (Å²) in [5, 5.41) is 1.89. The largest absolute Gasteiger partial charge is 0.487 e. The molecule has 1 aromatic carbocycles. The summed E-state index contributed by atoms with van der Waals surface area (Å²) in [7, 11) is 0. The van der Waals surface area contributed by atoms with Crippen molar-refractivity contribution in [2.45, 2.75) is 32.2 Å². The second-order valence-electron chi connectivity index (χ2n) is 5.17. The number of aromatic nitrogens is 1. The minimum absolute atomic E-state index is 0.229. The van der Waals surface area contributed by atoms with Crippen LogP contribution in [0.2, 0.25) is 0 Å². The summed E-state index contributed by atoms with van der Waals surface area (Å²) >= 11 is 1.49. The van der Waals surface area contributed by atoms with Gasteiger partial charge in [-0.1, -0.05) is 6.07 Å². The van der Waals surface area contributed by atoms with Crippen LogP contribution in [0.25, 0.3) is 0 Å². The first kappa shape index (κ1) is 15.5. The minimum atomic E-state index is -0.836. The van der Waals surface area contributed by atoms with Crippen molar-refractivity contribution in [1.29, 1.82) is 0 Å². The average molecular weight is 333 g/mol. The zero-order chi connectivity index (χ0) is 16.2. The van der Waals surface area contributed by atoms with E-state index >= 15 is 0 Å². The van der Waals surface area contributed by atoms with Gasteiger partial charge in [0.25, 0.3) is 0 Å². The predicted octanol–water partition coefficient (Wildman–Crippen LogP) is 2.58. The summed E-state index contributed by atoms with van der Waals surface area (Å²) in [6.07, 6.45) is -0.685. The molecular weight excluding hydrogens is 318 g/mol. The average Bonchev–Trinajstić information content (AvgIpc) is 3.15. The number of cyclic esters (lactones) is 1. The lowest BCUT2D eigenvalue weighted by atomic mass is 10.2. The molecule has 0 aliphatic carbocycles. The van der Waals surface area contributed by atoms with Crippen molar-refractivity contribution in [3.05, 3.63) is 46.4 Å². The molecule has 3 rings (SSSR count). The summed E-state index contributed by atoms with van der Waals surface area (Å²) < 4.78 is 15.8. The van der Waals surface area contributed by atoms with Gasteiger partial charge in [0.2, 0.25) is 6.10 Å². The molecule has 0 radical (unpaired) electrons. The normalized spacial score (nSPS) is 20.1. The fourth-order valence-electron chi connectivity index (χ4n) is 2.19. The van der Waals surface area contributed by atoms with E-state index in [0.29, 0.717) is 24.3 Å². The summed E-state index contributed by atoms with van der Waals surface area (Å²) in [5.74, 6) is -0.531. The van der Waals surface area contributed by atoms with Gasteiger partial charge in [-0.3, -0.25) is 0 Å². The Hall–Kier alpha value is -2.41. The van der Waals surface area contributed by atoms with Crippen LogP contribution >= 0.6 is 11.3 Å². The number of carbonyl (C=O) groups is 2. The minimum Gasteiger partial charge on any atom is -0.487 e. The topological polar surface area (TPSA) is 74.7 Å². The first-order valence-electron chi connectivity index (χ1n) is 7.13. The Kier molecular flexibility index (Phi) is 4.57. The molecule has 1 aliphatic rings. The molecule has 2 heterocycles. The monoisotopic (exact) mass is 333 g/mol. The molecule has 2 aromatic rings. The van der Waals surface area contributed by atoms with Crippen LogP contribution < -0.4 is 4.74 Å². The lowest BCUT2D eigenvalue weighted by Gasteiger charge is -2.10. The summed E-state index contributed by atoms with van der Waals surface area (Å²) in [5.41, 5.74) is 2.88. The fourth-order valence-corrected chi connectivity index (χ4v) is 2.74. The van der Waals surface area contributed by atoms with Crippen LogP contribution in [0.3, 0.4) is 0 Å². The van der Waals surface area contributed by atoms with Gasteiger partial charge in [-0.2, -0.15) is 0 Å². The zero-order valence-electron chi connectivity index (χ0n) is 12.4. The third-order valence-corrected chi connectivity index (χ3v) is 3.95. The van der Waals surface area contributed by atoms with E-state index in [4.69, 9.17) is 14.2 Å². The predicted molar refractivity (Wildman–Crippen MR) is 82.3 cm³/mol. The Balaban J connectivity index is 1.62. The van der Waals surface area contributed by atoms with Gasteiger partial charge < -0.3 is 14.2 Å². The highest BCUT2D eigenvalue weighted by Gasteiger charge is 2.35. The molecular formula is C16H15NO5S. The summed E-state index contributed by atoms with van der Waals surface area (Å²) in [6.45, 7) is 2.09. The highest BCUT2D eigenvalue weighted by Crippen LogP contribution is 2.21. The maximum atomic E-state index is 12.1. The number of esters is 2. The standard InChI is InChI=1S/C16H15NO5S/c1-10-5-14(16(19)21-10)22-15(18)11-3-2-4-13(6-11)20-7-12-8-23-9-17-12/h2-4,6,8-10,14H,5,7H2,1H3. The van der Waals surface area contributed by atoms with Gasteiger partial charge in [0.05, 0.1) is 16.8 Å². The van der Waals surface area contributed by atoms with Gasteiger partial charge in [0, 0.05) is 11.8 Å². The molecule has 0 spiro atoms. The number of nitrogens with zero attached hydrogens (tertiary/aromatic N) is 1. The van der Waals surface area contributed by atoms with E-state index in [0.717, 1.165) is 5.69 Å². The van der Waals surface area contributed by atoms with Crippen molar-refractivity contribution in [2.24, 2.45) is 0 Å². The van der Waals surface area contributed by atoms with Gasteiger partial charge in [0.15, 0.2) is 0 Å². The maximum Gasteiger partial charge on any atom is 0.347 e. The number of hydrogen-bond acceptors (Lipinski definition) is 7. The van der Waals surface area contributed by atoms with Crippen LogP contribution in [-0.4, -0.2) is 29.1 Å². The Labute approximate surface area is 137 Å². The first-order chi connectivity index (χ1) is 11.1. The molecule has 0 bridgehead atoms. The van der Waals surface area contributed by atoms with E-state index in [1.54, 1.807) is 36.7 Å². The molecule has 2 unspecified atom stereocenters. The molecule has 2 atom stereocenters. The molecule has 23 heavy (non-hydrogen) atoms. The van der Waals surface area contributed by atoms with Crippen molar-refractivity contribution in [3.8, 4) is 5.75 Å². The third kappa shape index (κ3) is 3.87. The van der Waals surface area contributed by atoms with Crippen LogP contribution in [0.15, 0.2) is 35.2 Å². The van der Waals surface area contributed by atoms with Crippen molar-refractivity contribution < 1.29 is 23.8 Å². The van der Waals surface area contributed by atoms with Crippen LogP contribution in [0.1, 0.15) is 29.4 Å². The van der Waals surface area contributed by atoms with Crippen LogP contribution in [0, 0.1) is 0 Å². The van der Waals surface area contributed by atoms with Crippen molar-refractivity contribution in [1.82, 2.24) is 4.98 Å². The number of hydrogen-bond donors (Lipinski definition) is 0. The van der Waals surface area contributed by atoms with E-state index in [2.05, 4.69) is 4.98 Å². The summed E-state index contributed by atoms with van der Waals surface area (Å²) in [4.78, 5) is 27.8. The number of thiazole rings is 1. The highest BCUT2D eigenvalue weighted by atomic mass is 32.1. The van der Waals surface area contributed by atoms with E-state index < -0.39 is 18.0 Å². The number of benzene rings is 1. The van der Waals surface area contributed by atoms with Crippen LogP contribution in [0.4, 0.5) is 0 Å². The molecule has 1 saturated heterocycles. The summed E-state index contributed by atoms with van der Waals surface area (Å²) in [6, 6.07) is 6.64. The van der Waals surface area contributed by atoms with E-state index in [1.165, 1.54) is 11.3 Å². The second kappa shape index (κ2) is 6.78.